The van der Waals surface area contributed by atoms with Gasteiger partial charge in [-0.2, -0.15) is 9.97 Å². The van der Waals surface area contributed by atoms with E-state index in [1.54, 1.807) is 26.0 Å². The van der Waals surface area contributed by atoms with Gasteiger partial charge in [0.05, 0.1) is 23.3 Å². The summed E-state index contributed by atoms with van der Waals surface area (Å²) in [5.41, 5.74) is 2.64. The first-order chi connectivity index (χ1) is 19.3. The molecular weight excluding hydrogens is 534 g/mol. The van der Waals surface area contributed by atoms with Crippen molar-refractivity contribution < 1.29 is 19.6 Å². The molecular formula is C27H33N7O5S. The monoisotopic (exact) mass is 567 g/mol. The number of aryl methyl sites for hydroxylation is 1. The fraction of sp³-hybridized carbons (Fsp3) is 0.481. The Morgan fingerprint density at radius 2 is 1.88 bits per heavy atom. The third-order valence-corrected chi connectivity index (χ3v) is 8.18. The molecule has 2 aliphatic rings. The summed E-state index contributed by atoms with van der Waals surface area (Å²) >= 11 is 1.20. The minimum Gasteiger partial charge on any atom is -0.462 e. The van der Waals surface area contributed by atoms with Crippen LogP contribution < -0.4 is 15.1 Å². The number of nitrogens with zero attached hydrogens (tertiary/aromatic N) is 6. The Bertz CT molecular complexity index is 1370. The molecule has 4 heterocycles. The first kappa shape index (κ1) is 27.7. The van der Waals surface area contributed by atoms with Crippen molar-refractivity contribution in [1.29, 1.82) is 0 Å². The number of non-ortho nitro benzene ring substituents is 1. The fourth-order valence-corrected chi connectivity index (χ4v) is 5.93. The van der Waals surface area contributed by atoms with Gasteiger partial charge in [0.2, 0.25) is 5.95 Å². The van der Waals surface area contributed by atoms with Crippen LogP contribution in [0, 0.1) is 17.0 Å². The summed E-state index contributed by atoms with van der Waals surface area (Å²) in [6.45, 7) is 6.52. The second-order valence-corrected chi connectivity index (χ2v) is 11.0. The Labute approximate surface area is 236 Å². The van der Waals surface area contributed by atoms with Gasteiger partial charge in [0.15, 0.2) is 5.13 Å². The summed E-state index contributed by atoms with van der Waals surface area (Å²) in [7, 11) is 0. The quantitative estimate of drug-likeness (QED) is 0.227. The van der Waals surface area contributed by atoms with Crippen LogP contribution in [0.15, 0.2) is 24.3 Å². The zero-order valence-corrected chi connectivity index (χ0v) is 23.4. The molecule has 40 heavy (non-hydrogen) atoms. The average Bonchev–Trinajstić information content (AvgIpc) is 3.18. The van der Waals surface area contributed by atoms with Crippen LogP contribution in [-0.2, 0) is 17.7 Å². The molecule has 5 rings (SSSR count). The molecule has 2 aromatic heterocycles. The van der Waals surface area contributed by atoms with E-state index in [0.717, 1.165) is 48.6 Å². The molecule has 0 saturated carbocycles. The molecule has 0 spiro atoms. The highest BCUT2D eigenvalue weighted by Gasteiger charge is 2.28. The van der Waals surface area contributed by atoms with E-state index in [1.165, 1.54) is 23.5 Å². The molecule has 0 bridgehead atoms. The number of ether oxygens (including phenoxy) is 1. The number of piperidine rings is 1. The topological polar surface area (TPSA) is 147 Å². The van der Waals surface area contributed by atoms with Gasteiger partial charge in [-0.1, -0.05) is 23.5 Å². The third kappa shape index (κ3) is 6.15. The number of nitro groups is 1. The fourth-order valence-electron chi connectivity index (χ4n) is 5.08. The second kappa shape index (κ2) is 12.1. The highest BCUT2D eigenvalue weighted by Crippen LogP contribution is 2.36. The third-order valence-electron chi connectivity index (χ3n) is 7.13. The molecule has 12 nitrogen and oxygen atoms in total. The van der Waals surface area contributed by atoms with Gasteiger partial charge in [-0.25, -0.2) is 9.78 Å². The van der Waals surface area contributed by atoms with E-state index in [9.17, 15) is 20.0 Å². The van der Waals surface area contributed by atoms with Crippen LogP contribution in [0.2, 0.25) is 0 Å². The number of esters is 1. The number of carbonyl (C=O) groups excluding carboxylic acids is 1. The predicted octanol–water partition coefficient (Wildman–Crippen LogP) is 4.37. The van der Waals surface area contributed by atoms with Gasteiger partial charge in [0.25, 0.3) is 5.69 Å². The minimum absolute atomic E-state index is 0.0596. The Balaban J connectivity index is 1.51. The van der Waals surface area contributed by atoms with Crippen molar-refractivity contribution >= 4 is 45.7 Å². The van der Waals surface area contributed by atoms with Gasteiger partial charge < -0.3 is 19.6 Å². The van der Waals surface area contributed by atoms with Crippen LogP contribution in [0.4, 0.5) is 28.4 Å². The molecule has 1 aromatic carbocycles. The molecule has 2 N–H and O–H groups in total. The predicted molar refractivity (Wildman–Crippen MR) is 153 cm³/mol. The van der Waals surface area contributed by atoms with Gasteiger partial charge in [-0.05, 0) is 51.5 Å². The Morgan fingerprint density at radius 3 is 2.58 bits per heavy atom. The van der Waals surface area contributed by atoms with Gasteiger partial charge in [-0.3, -0.25) is 15.4 Å². The normalized spacial score (nSPS) is 15.9. The SMILES string of the molecule is CCOC(=O)c1sc(Nc2nc(N3CCC(O)CC3)c3c(n2)N(Cc2ccc([N+](=O)[O-])cc2)CCCC3)nc1C. The first-order valence-electron chi connectivity index (χ1n) is 13.6. The summed E-state index contributed by atoms with van der Waals surface area (Å²) in [6.07, 6.45) is 3.80. The molecule has 0 amide bonds. The second-order valence-electron chi connectivity index (χ2n) is 9.97. The smallest absolute Gasteiger partial charge is 0.350 e. The lowest BCUT2D eigenvalue weighted by Gasteiger charge is -2.33. The molecule has 0 unspecified atom stereocenters. The minimum atomic E-state index is -0.407. The number of aliphatic hydroxyl groups excluding tert-OH is 1. The van der Waals surface area contributed by atoms with Crippen molar-refractivity contribution in [3.63, 3.8) is 0 Å². The molecule has 0 atom stereocenters. The number of hydrogen-bond acceptors (Lipinski definition) is 12. The van der Waals surface area contributed by atoms with Crippen molar-refractivity contribution in [2.75, 3.05) is 41.4 Å². The standard InChI is InChI=1S/C27H33N7O5S/c1-3-39-25(36)22-17(2)28-27(40-22)31-26-29-23(32-14-11-20(35)12-15-32)21-6-4-5-13-33(24(21)30-26)16-18-7-9-19(10-8-18)34(37)38/h7-10,20,35H,3-6,11-16H2,1-2H3,(H,28,29,30,31). The van der Waals surface area contributed by atoms with E-state index < -0.39 is 10.9 Å². The van der Waals surface area contributed by atoms with Crippen LogP contribution in [0.3, 0.4) is 0 Å². The number of nitrogens with one attached hydrogen (secondary N) is 1. The molecule has 1 saturated heterocycles. The molecule has 2 aliphatic heterocycles. The largest absolute Gasteiger partial charge is 0.462 e. The highest BCUT2D eigenvalue weighted by molar-refractivity contribution is 7.17. The summed E-state index contributed by atoms with van der Waals surface area (Å²) in [6, 6.07) is 6.62. The van der Waals surface area contributed by atoms with E-state index in [-0.39, 0.29) is 18.4 Å². The average molecular weight is 568 g/mol. The summed E-state index contributed by atoms with van der Waals surface area (Å²) in [5.74, 6) is 1.62. The summed E-state index contributed by atoms with van der Waals surface area (Å²) in [4.78, 5) is 42.3. The van der Waals surface area contributed by atoms with E-state index in [0.29, 0.717) is 54.1 Å². The Hall–Kier alpha value is -3.84. The zero-order chi connectivity index (χ0) is 28.2. The molecule has 1 fully saturated rings. The van der Waals surface area contributed by atoms with Crippen molar-refractivity contribution in [2.45, 2.75) is 58.6 Å². The maximum Gasteiger partial charge on any atom is 0.350 e. The molecule has 0 radical (unpaired) electrons. The van der Waals surface area contributed by atoms with Crippen molar-refractivity contribution in [3.8, 4) is 0 Å². The number of rotatable bonds is 8. The first-order valence-corrected chi connectivity index (χ1v) is 14.4. The van der Waals surface area contributed by atoms with Crippen molar-refractivity contribution in [3.05, 3.63) is 56.1 Å². The number of aromatic nitrogens is 3. The van der Waals surface area contributed by atoms with Crippen LogP contribution in [-0.4, -0.2) is 63.3 Å². The lowest BCUT2D eigenvalue weighted by Crippen LogP contribution is -2.37. The van der Waals surface area contributed by atoms with Crippen molar-refractivity contribution in [2.24, 2.45) is 0 Å². The zero-order valence-electron chi connectivity index (χ0n) is 22.6. The molecule has 3 aromatic rings. The summed E-state index contributed by atoms with van der Waals surface area (Å²) in [5, 5.41) is 25.0. The van der Waals surface area contributed by atoms with Crippen molar-refractivity contribution in [1.82, 2.24) is 15.0 Å². The van der Waals surface area contributed by atoms with Crippen LogP contribution in [0.1, 0.15) is 59.1 Å². The lowest BCUT2D eigenvalue weighted by atomic mass is 10.1. The molecule has 0 aliphatic carbocycles. The lowest BCUT2D eigenvalue weighted by molar-refractivity contribution is -0.384. The molecule has 13 heteroatoms. The van der Waals surface area contributed by atoms with Crippen LogP contribution in [0.5, 0.6) is 0 Å². The maximum atomic E-state index is 12.3. The van der Waals surface area contributed by atoms with E-state index in [4.69, 9.17) is 14.7 Å². The van der Waals surface area contributed by atoms with Gasteiger partial charge in [-0.15, -0.1) is 0 Å². The van der Waals surface area contributed by atoms with Gasteiger partial charge >= 0.3 is 5.97 Å². The number of fused-ring (bicyclic) bond motifs is 1. The van der Waals surface area contributed by atoms with Crippen LogP contribution in [0.25, 0.3) is 0 Å². The van der Waals surface area contributed by atoms with Gasteiger partial charge in [0, 0.05) is 43.9 Å². The van der Waals surface area contributed by atoms with E-state index >= 15 is 0 Å². The number of carbonyl (C=O) groups is 1. The number of hydrogen-bond donors (Lipinski definition) is 2. The summed E-state index contributed by atoms with van der Waals surface area (Å²) < 4.78 is 5.16. The number of nitro benzene ring substituents is 1. The van der Waals surface area contributed by atoms with E-state index in [1.807, 2.05) is 0 Å². The number of benzene rings is 1. The van der Waals surface area contributed by atoms with E-state index in [2.05, 4.69) is 20.1 Å². The molecule has 212 valence electrons. The maximum absolute atomic E-state index is 12.3. The highest BCUT2D eigenvalue weighted by atomic mass is 32.1. The number of anilines is 4. The number of aliphatic hydroxyl groups is 1. The van der Waals surface area contributed by atoms with Gasteiger partial charge in [0.1, 0.15) is 16.5 Å². The Kier molecular flexibility index (Phi) is 8.40. The number of thiazole rings is 1. The Morgan fingerprint density at radius 1 is 1.15 bits per heavy atom. The van der Waals surface area contributed by atoms with Crippen LogP contribution >= 0.6 is 11.3 Å².